The van der Waals surface area contributed by atoms with Crippen molar-refractivity contribution in [2.24, 2.45) is 5.10 Å². The smallest absolute Gasteiger partial charge is 0.213 e. The number of methoxy groups -OCH3 is 1. The maximum absolute atomic E-state index is 13.9. The normalized spacial score (nSPS) is 19.8. The van der Waals surface area contributed by atoms with Crippen LogP contribution in [0.25, 0.3) is 0 Å². The lowest BCUT2D eigenvalue weighted by Crippen LogP contribution is -2.33. The Hall–Kier alpha value is -3.05. The Labute approximate surface area is 173 Å². The van der Waals surface area contributed by atoms with Gasteiger partial charge in [0.05, 0.1) is 18.9 Å². The first kappa shape index (κ1) is 18.0. The van der Waals surface area contributed by atoms with Gasteiger partial charge in [-0.15, -0.1) is 0 Å². The average molecular weight is 409 g/mol. The van der Waals surface area contributed by atoms with E-state index in [1.165, 1.54) is 12.1 Å². The zero-order chi connectivity index (χ0) is 20.0. The van der Waals surface area contributed by atoms with Crippen molar-refractivity contribution < 1.29 is 13.9 Å². The number of nitrogens with zero attached hydrogens (tertiary/aromatic N) is 2. The molecule has 5 rings (SSSR count). The number of hydrogen-bond donors (Lipinski definition) is 0. The van der Waals surface area contributed by atoms with E-state index in [2.05, 4.69) is 0 Å². The third kappa shape index (κ3) is 3.21. The van der Waals surface area contributed by atoms with Crippen LogP contribution in [0.5, 0.6) is 11.5 Å². The molecule has 0 fully saturated rings. The Bertz CT molecular complexity index is 1100. The van der Waals surface area contributed by atoms with E-state index in [-0.39, 0.29) is 11.9 Å². The molecule has 0 saturated carbocycles. The molecule has 2 aliphatic heterocycles. The molecular weight excluding hydrogens is 391 g/mol. The lowest BCUT2D eigenvalue weighted by Gasteiger charge is -2.38. The standard InChI is InChI=1S/C23H18ClFN2O2/c1-28-18-8-5-14(6-9-18)20-13-21-19-12-16(24)7-10-22(19)29-23(27(21)26-20)15-3-2-4-17(25)11-15/h2-12,21,23H,13H2,1H3/t21-,23-/m0/s1. The van der Waals surface area contributed by atoms with Gasteiger partial charge in [-0.3, -0.25) is 0 Å². The van der Waals surface area contributed by atoms with Gasteiger partial charge in [0.1, 0.15) is 17.3 Å². The van der Waals surface area contributed by atoms with Crippen LogP contribution in [0.15, 0.2) is 71.8 Å². The molecule has 2 atom stereocenters. The van der Waals surface area contributed by atoms with E-state index in [4.69, 9.17) is 26.2 Å². The average Bonchev–Trinajstić information content (AvgIpc) is 3.19. The van der Waals surface area contributed by atoms with Crippen molar-refractivity contribution in [3.63, 3.8) is 0 Å². The Morgan fingerprint density at radius 2 is 1.93 bits per heavy atom. The molecule has 2 heterocycles. The molecule has 0 saturated heterocycles. The molecule has 3 aromatic rings. The van der Waals surface area contributed by atoms with E-state index in [1.54, 1.807) is 19.2 Å². The third-order valence-corrected chi connectivity index (χ3v) is 5.54. The molecule has 0 bridgehead atoms. The molecule has 0 N–H and O–H groups in total. The lowest BCUT2D eigenvalue weighted by atomic mass is 9.96. The van der Waals surface area contributed by atoms with Gasteiger partial charge in [-0.25, -0.2) is 9.40 Å². The molecule has 146 valence electrons. The van der Waals surface area contributed by atoms with Crippen LogP contribution >= 0.6 is 11.6 Å². The molecule has 29 heavy (non-hydrogen) atoms. The summed E-state index contributed by atoms with van der Waals surface area (Å²) in [7, 11) is 1.64. The summed E-state index contributed by atoms with van der Waals surface area (Å²) in [5, 5.41) is 7.43. The van der Waals surface area contributed by atoms with Crippen molar-refractivity contribution in [2.75, 3.05) is 7.11 Å². The second-order valence-corrected chi connectivity index (χ2v) is 7.52. The molecule has 3 aromatic carbocycles. The summed E-state index contributed by atoms with van der Waals surface area (Å²) in [6, 6.07) is 19.8. The SMILES string of the molecule is COc1ccc(C2=NN3[C@@H](C2)c2cc(Cl)ccc2O[C@H]3c2cccc(F)c2)cc1. The molecule has 0 amide bonds. The van der Waals surface area contributed by atoms with Crippen LogP contribution in [0.3, 0.4) is 0 Å². The van der Waals surface area contributed by atoms with Gasteiger partial charge >= 0.3 is 0 Å². The fourth-order valence-electron chi connectivity index (χ4n) is 3.90. The summed E-state index contributed by atoms with van der Waals surface area (Å²) in [6.07, 6.45) is 0.189. The van der Waals surface area contributed by atoms with Crippen LogP contribution in [0.4, 0.5) is 4.39 Å². The minimum atomic E-state index is -0.514. The summed E-state index contributed by atoms with van der Waals surface area (Å²) in [5.41, 5.74) is 3.66. The van der Waals surface area contributed by atoms with Crippen molar-refractivity contribution in [2.45, 2.75) is 18.7 Å². The number of halogens is 2. The van der Waals surface area contributed by atoms with E-state index in [1.807, 2.05) is 47.5 Å². The first-order chi connectivity index (χ1) is 14.1. The maximum atomic E-state index is 13.9. The van der Waals surface area contributed by atoms with Crippen molar-refractivity contribution in [3.05, 3.63) is 94.3 Å². The minimum Gasteiger partial charge on any atom is -0.497 e. The first-order valence-corrected chi connectivity index (χ1v) is 9.72. The molecule has 0 radical (unpaired) electrons. The quantitative estimate of drug-likeness (QED) is 0.555. The number of rotatable bonds is 3. The molecule has 0 aliphatic carbocycles. The molecule has 0 spiro atoms. The van der Waals surface area contributed by atoms with Gasteiger partial charge in [0.2, 0.25) is 6.23 Å². The fraction of sp³-hybridized carbons (Fsp3) is 0.174. The van der Waals surface area contributed by atoms with Crippen LogP contribution in [-0.4, -0.2) is 17.8 Å². The highest BCUT2D eigenvalue weighted by molar-refractivity contribution is 6.30. The highest BCUT2D eigenvalue weighted by Gasteiger charge is 2.41. The van der Waals surface area contributed by atoms with E-state index in [9.17, 15) is 4.39 Å². The Kier molecular flexibility index (Phi) is 4.40. The minimum absolute atomic E-state index is 0.0391. The molecule has 6 heteroatoms. The fourth-order valence-corrected chi connectivity index (χ4v) is 4.08. The van der Waals surface area contributed by atoms with Crippen LogP contribution in [0.1, 0.15) is 35.4 Å². The predicted molar refractivity (Wildman–Crippen MR) is 110 cm³/mol. The number of hydrazone groups is 1. The predicted octanol–water partition coefficient (Wildman–Crippen LogP) is 5.73. The maximum Gasteiger partial charge on any atom is 0.213 e. The number of ether oxygens (including phenoxy) is 2. The second-order valence-electron chi connectivity index (χ2n) is 7.08. The van der Waals surface area contributed by atoms with Gasteiger partial charge < -0.3 is 9.47 Å². The summed E-state index contributed by atoms with van der Waals surface area (Å²) < 4.78 is 25.4. The Morgan fingerprint density at radius 1 is 1.10 bits per heavy atom. The van der Waals surface area contributed by atoms with Gasteiger partial charge in [-0.05, 0) is 60.2 Å². The van der Waals surface area contributed by atoms with Gasteiger partial charge in [0.25, 0.3) is 0 Å². The largest absolute Gasteiger partial charge is 0.497 e. The first-order valence-electron chi connectivity index (χ1n) is 9.34. The Morgan fingerprint density at radius 3 is 2.69 bits per heavy atom. The monoisotopic (exact) mass is 408 g/mol. The van der Waals surface area contributed by atoms with E-state index >= 15 is 0 Å². The van der Waals surface area contributed by atoms with E-state index in [0.29, 0.717) is 11.4 Å². The van der Waals surface area contributed by atoms with Crippen LogP contribution in [0, 0.1) is 5.82 Å². The third-order valence-electron chi connectivity index (χ3n) is 5.31. The Balaban J connectivity index is 1.58. The number of fused-ring (bicyclic) bond motifs is 3. The zero-order valence-electron chi connectivity index (χ0n) is 15.7. The molecule has 0 aromatic heterocycles. The number of hydrogen-bond acceptors (Lipinski definition) is 4. The summed E-state index contributed by atoms with van der Waals surface area (Å²) in [4.78, 5) is 0. The van der Waals surface area contributed by atoms with Crippen LogP contribution in [-0.2, 0) is 0 Å². The molecule has 0 unspecified atom stereocenters. The topological polar surface area (TPSA) is 34.1 Å². The second kappa shape index (κ2) is 7.08. The lowest BCUT2D eigenvalue weighted by molar-refractivity contribution is -0.0192. The van der Waals surface area contributed by atoms with Crippen molar-refractivity contribution in [3.8, 4) is 11.5 Å². The highest BCUT2D eigenvalue weighted by Crippen LogP contribution is 2.48. The highest BCUT2D eigenvalue weighted by atomic mass is 35.5. The van der Waals surface area contributed by atoms with Gasteiger partial charge in [0.15, 0.2) is 0 Å². The molecular formula is C23H18ClFN2O2. The summed E-state index contributed by atoms with van der Waals surface area (Å²) >= 11 is 6.25. The van der Waals surface area contributed by atoms with Gasteiger partial charge in [0, 0.05) is 22.6 Å². The molecule has 2 aliphatic rings. The van der Waals surface area contributed by atoms with E-state index < -0.39 is 6.23 Å². The van der Waals surface area contributed by atoms with Gasteiger partial charge in [-0.2, -0.15) is 5.10 Å². The van der Waals surface area contributed by atoms with Crippen LogP contribution in [0.2, 0.25) is 5.02 Å². The van der Waals surface area contributed by atoms with Crippen LogP contribution < -0.4 is 9.47 Å². The summed E-state index contributed by atoms with van der Waals surface area (Å²) in [6.45, 7) is 0. The molecule has 4 nitrogen and oxygen atoms in total. The van der Waals surface area contributed by atoms with E-state index in [0.717, 1.165) is 33.9 Å². The van der Waals surface area contributed by atoms with Crippen molar-refractivity contribution >= 4 is 17.3 Å². The van der Waals surface area contributed by atoms with Gasteiger partial charge in [-0.1, -0.05) is 23.7 Å². The summed E-state index contributed by atoms with van der Waals surface area (Å²) in [5.74, 6) is 1.24. The zero-order valence-corrected chi connectivity index (χ0v) is 16.4. The number of benzene rings is 3. The van der Waals surface area contributed by atoms with Crippen molar-refractivity contribution in [1.29, 1.82) is 0 Å². The van der Waals surface area contributed by atoms with Crippen molar-refractivity contribution in [1.82, 2.24) is 5.01 Å².